The lowest BCUT2D eigenvalue weighted by molar-refractivity contribution is 0.190. The highest BCUT2D eigenvalue weighted by atomic mass is 32.2. The van der Waals surface area contributed by atoms with Crippen LogP contribution in [0.25, 0.3) is 0 Å². The Balaban J connectivity index is 1.92. The van der Waals surface area contributed by atoms with Crippen LogP contribution in [0, 0.1) is 0 Å². The maximum absolute atomic E-state index is 13.5. The molecule has 3 aliphatic carbocycles. The van der Waals surface area contributed by atoms with E-state index in [2.05, 4.69) is 0 Å². The van der Waals surface area contributed by atoms with Crippen molar-refractivity contribution in [3.63, 3.8) is 0 Å². The smallest absolute Gasteiger partial charge is 0.390 e. The van der Waals surface area contributed by atoms with Gasteiger partial charge in [-0.2, -0.15) is 29.8 Å². The third-order valence-electron chi connectivity index (χ3n) is 4.07. The maximum Gasteiger partial charge on any atom is 0.646 e. The van der Waals surface area contributed by atoms with Crippen LogP contribution in [0.15, 0.2) is 72.0 Å². The maximum atomic E-state index is 13.5. The summed E-state index contributed by atoms with van der Waals surface area (Å²) in [6, 6.07) is 0. The van der Waals surface area contributed by atoms with Gasteiger partial charge in [0.15, 0.2) is 0 Å². The molecule has 0 heterocycles. The molecule has 0 saturated carbocycles. The summed E-state index contributed by atoms with van der Waals surface area (Å²) in [5.41, 5.74) is 0. The molecule has 0 N–H and O–H groups in total. The Kier molecular flexibility index (Phi) is 7.56. The van der Waals surface area contributed by atoms with Crippen molar-refractivity contribution in [2.24, 2.45) is 0 Å². The van der Waals surface area contributed by atoms with Gasteiger partial charge in [0.05, 0.1) is 14.6 Å². The van der Waals surface area contributed by atoms with E-state index in [1.54, 1.807) is 0 Å². The second-order valence-electron chi connectivity index (χ2n) is 6.33. The van der Waals surface area contributed by atoms with Gasteiger partial charge in [-0.05, 0) is 36.5 Å². The zero-order valence-corrected chi connectivity index (χ0v) is 19.4. The van der Waals surface area contributed by atoms with Crippen molar-refractivity contribution in [2.45, 2.75) is 19.3 Å². The van der Waals surface area contributed by atoms with Crippen LogP contribution >= 0.6 is 7.82 Å². The SMILES string of the molecule is O=S(=O)=C1C=CC=C(OP(=O)(OC2=CC=CC(=S(=O)=O)C2)OC2=CC=CC(=S(=O)=O)C2)C1. The van der Waals surface area contributed by atoms with E-state index in [-0.39, 0.29) is 51.1 Å². The molecule has 3 aliphatic rings. The van der Waals surface area contributed by atoms with Crippen molar-refractivity contribution in [2.75, 3.05) is 0 Å². The lowest BCUT2D eigenvalue weighted by Crippen LogP contribution is -2.10. The summed E-state index contributed by atoms with van der Waals surface area (Å²) in [6.45, 7) is 0. The molecule has 0 aliphatic heterocycles. The minimum absolute atomic E-state index is 0.0246. The quantitative estimate of drug-likeness (QED) is 0.377. The minimum atomic E-state index is -4.54. The van der Waals surface area contributed by atoms with Crippen molar-refractivity contribution < 1.29 is 43.4 Å². The molecule has 170 valence electrons. The van der Waals surface area contributed by atoms with E-state index >= 15 is 0 Å². The minimum Gasteiger partial charge on any atom is -0.390 e. The van der Waals surface area contributed by atoms with Crippen LogP contribution < -0.4 is 0 Å². The van der Waals surface area contributed by atoms with Gasteiger partial charge in [0, 0.05) is 19.3 Å². The highest BCUT2D eigenvalue weighted by molar-refractivity contribution is 7.73. The first-order valence-corrected chi connectivity index (χ1v) is 13.5. The summed E-state index contributed by atoms with van der Waals surface area (Å²) in [4.78, 5) is -0.0738. The van der Waals surface area contributed by atoms with Crippen molar-refractivity contribution in [1.82, 2.24) is 0 Å². The number of hydrogen-bond donors (Lipinski definition) is 0. The summed E-state index contributed by atoms with van der Waals surface area (Å²) in [6.07, 6.45) is 11.6. The Bertz CT molecular complexity index is 1290. The second kappa shape index (κ2) is 10.2. The fourth-order valence-electron chi connectivity index (χ4n) is 2.68. The van der Waals surface area contributed by atoms with Gasteiger partial charge >= 0.3 is 7.82 Å². The van der Waals surface area contributed by atoms with Crippen molar-refractivity contribution in [3.05, 3.63) is 72.0 Å². The third-order valence-corrected chi connectivity index (χ3v) is 7.57. The number of phosphoric acid groups is 1. The standard InChI is InChI=1S/C18H15O10PS3/c19-29(26-13-4-1-7-16(10-13)30(20)21,27-14-5-2-8-17(11-14)31(22)23)28-15-6-3-9-18(12-15)32(24)25/h1-9H,10-12H2. The van der Waals surface area contributed by atoms with Gasteiger partial charge in [-0.1, -0.05) is 18.2 Å². The van der Waals surface area contributed by atoms with E-state index in [4.69, 9.17) is 13.6 Å². The first-order valence-electron chi connectivity index (χ1n) is 8.81. The fraction of sp³-hybridized carbons (Fsp3) is 0.167. The van der Waals surface area contributed by atoms with E-state index in [9.17, 15) is 29.8 Å². The topological polar surface area (TPSA) is 147 Å². The Morgan fingerprint density at radius 2 is 0.844 bits per heavy atom. The average Bonchev–Trinajstić information content (AvgIpc) is 2.74. The summed E-state index contributed by atoms with van der Waals surface area (Å²) >= 11 is 0. The molecule has 10 nitrogen and oxygen atoms in total. The van der Waals surface area contributed by atoms with Gasteiger partial charge in [-0.25, -0.2) is 0 Å². The van der Waals surface area contributed by atoms with E-state index in [0.29, 0.717) is 0 Å². The summed E-state index contributed by atoms with van der Waals surface area (Å²) < 4.78 is 97.2. The van der Waals surface area contributed by atoms with Crippen LogP contribution in [0.2, 0.25) is 0 Å². The number of hydrogen-bond acceptors (Lipinski definition) is 10. The highest BCUT2D eigenvalue weighted by Crippen LogP contribution is 2.56. The van der Waals surface area contributed by atoms with Crippen LogP contribution in [0.1, 0.15) is 19.3 Å². The van der Waals surface area contributed by atoms with Crippen molar-refractivity contribution in [3.8, 4) is 0 Å². The van der Waals surface area contributed by atoms with Gasteiger partial charge in [-0.15, -0.1) is 0 Å². The zero-order chi connectivity index (χ0) is 23.3. The molecule has 0 fully saturated rings. The first kappa shape index (κ1) is 23.8. The van der Waals surface area contributed by atoms with Crippen LogP contribution in [0.3, 0.4) is 0 Å². The van der Waals surface area contributed by atoms with E-state index in [1.165, 1.54) is 54.7 Å². The molecule has 0 aromatic rings. The molecule has 0 aromatic heterocycles. The monoisotopic (exact) mass is 518 g/mol. The molecule has 0 bridgehead atoms. The van der Waals surface area contributed by atoms with Gasteiger partial charge in [0.1, 0.15) is 17.3 Å². The molecule has 0 atom stereocenters. The van der Waals surface area contributed by atoms with Crippen LogP contribution in [-0.2, 0) is 49.0 Å². The van der Waals surface area contributed by atoms with Gasteiger partial charge in [0.25, 0.3) is 0 Å². The fourth-order valence-corrected chi connectivity index (χ4v) is 5.37. The Hall–Kier alpha value is -2.86. The summed E-state index contributed by atoms with van der Waals surface area (Å²) in [5, 5.41) is 0. The molecule has 0 aromatic carbocycles. The summed E-state index contributed by atoms with van der Waals surface area (Å²) in [5.74, 6) is -0.119. The number of allylic oxidation sites excluding steroid dienone is 12. The van der Waals surface area contributed by atoms with Crippen LogP contribution in [0.5, 0.6) is 0 Å². The van der Waals surface area contributed by atoms with E-state index in [0.717, 1.165) is 0 Å². The average molecular weight is 518 g/mol. The molecule has 0 unspecified atom stereocenters. The van der Waals surface area contributed by atoms with Gasteiger partial charge < -0.3 is 13.6 Å². The molecule has 14 heteroatoms. The van der Waals surface area contributed by atoms with Crippen molar-refractivity contribution in [1.29, 1.82) is 0 Å². The zero-order valence-electron chi connectivity index (χ0n) is 16.1. The molecule has 0 saturated heterocycles. The lowest BCUT2D eigenvalue weighted by atomic mass is 10.2. The van der Waals surface area contributed by atoms with Crippen LogP contribution in [0.4, 0.5) is 0 Å². The van der Waals surface area contributed by atoms with Crippen molar-refractivity contribution >= 4 is 53.3 Å². The normalized spacial score (nSPS) is 17.9. The molecule has 3 rings (SSSR count). The Labute approximate surface area is 187 Å². The molecule has 32 heavy (non-hydrogen) atoms. The third kappa shape index (κ3) is 6.33. The van der Waals surface area contributed by atoms with Crippen LogP contribution in [-0.4, -0.2) is 39.8 Å². The Morgan fingerprint density at radius 3 is 1.09 bits per heavy atom. The van der Waals surface area contributed by atoms with Gasteiger partial charge in [-0.3, -0.25) is 0 Å². The molecular weight excluding hydrogens is 503 g/mol. The Morgan fingerprint density at radius 1 is 0.562 bits per heavy atom. The predicted octanol–water partition coefficient (Wildman–Crippen LogP) is 1.83. The van der Waals surface area contributed by atoms with E-state index < -0.39 is 38.7 Å². The second-order valence-corrected chi connectivity index (χ2v) is 10.8. The molecule has 0 amide bonds. The highest BCUT2D eigenvalue weighted by Gasteiger charge is 2.36. The molecular formula is C18H15O10PS3. The predicted molar refractivity (Wildman–Crippen MR) is 118 cm³/mol. The van der Waals surface area contributed by atoms with E-state index in [1.807, 2.05) is 0 Å². The van der Waals surface area contributed by atoms with Gasteiger partial charge in [0.2, 0.25) is 30.9 Å². The lowest BCUT2D eigenvalue weighted by Gasteiger charge is -2.24. The first-order chi connectivity index (χ1) is 15.1. The molecule has 0 radical (unpaired) electrons. The molecule has 0 spiro atoms. The number of rotatable bonds is 6. The summed E-state index contributed by atoms with van der Waals surface area (Å²) in [7, 11) is -12.1. The largest absolute Gasteiger partial charge is 0.646 e. The number of phosphoric ester groups is 1.